The molecule has 0 spiro atoms. The highest BCUT2D eigenvalue weighted by atomic mass is 32.2. The normalized spacial score (nSPS) is 11.2. The van der Waals surface area contributed by atoms with Crippen molar-refractivity contribution in [3.8, 4) is 21.5 Å². The highest BCUT2D eigenvalue weighted by molar-refractivity contribution is 7.98. The van der Waals surface area contributed by atoms with E-state index in [1.165, 1.54) is 0 Å². The molecule has 5 nitrogen and oxygen atoms in total. The van der Waals surface area contributed by atoms with Crippen molar-refractivity contribution in [2.75, 3.05) is 0 Å². The van der Waals surface area contributed by atoms with Crippen LogP contribution >= 0.6 is 34.4 Å². The highest BCUT2D eigenvalue weighted by Crippen LogP contribution is 2.30. The lowest BCUT2D eigenvalue weighted by Crippen LogP contribution is -1.99. The number of aromatic nitrogens is 4. The van der Waals surface area contributed by atoms with Gasteiger partial charge >= 0.3 is 0 Å². The fraction of sp³-hybridized carbons (Fsp3) is 0.188. The summed E-state index contributed by atoms with van der Waals surface area (Å²) in [6.07, 6.45) is 1.67. The van der Waals surface area contributed by atoms with Crippen LogP contribution in [0.4, 0.5) is 0 Å². The molecule has 0 aliphatic rings. The Hall–Kier alpha value is -1.90. The maximum atomic E-state index is 5.39. The zero-order valence-electron chi connectivity index (χ0n) is 12.9. The summed E-state index contributed by atoms with van der Waals surface area (Å²) in [6.45, 7) is 2.96. The fourth-order valence-corrected chi connectivity index (χ4v) is 4.80. The number of nitrogens with zero attached hydrogens (tertiary/aromatic N) is 4. The minimum absolute atomic E-state index is 0.764. The molecule has 0 radical (unpaired) electrons. The number of thiazole rings is 1. The molecule has 0 saturated carbocycles. The predicted molar refractivity (Wildman–Crippen MR) is 98.4 cm³/mol. The first-order chi connectivity index (χ1) is 11.8. The van der Waals surface area contributed by atoms with Gasteiger partial charge in [-0.2, -0.15) is 0 Å². The Morgan fingerprint density at radius 1 is 1.21 bits per heavy atom. The van der Waals surface area contributed by atoms with Crippen LogP contribution in [0, 0.1) is 0 Å². The summed E-state index contributed by atoms with van der Waals surface area (Å²) in [5.41, 5.74) is 1.03. The van der Waals surface area contributed by atoms with E-state index in [1.54, 1.807) is 40.7 Å². The number of thiophene rings is 1. The van der Waals surface area contributed by atoms with Crippen LogP contribution in [0.1, 0.15) is 12.6 Å². The standard InChI is InChI=1S/C16H14N4OS3/c1-2-20-14(13-6-4-8-22-13)18-19-16(20)24-10-11-9-23-15(17-11)12-5-3-7-21-12/h3-9H,2,10H2,1H3. The highest BCUT2D eigenvalue weighted by Gasteiger charge is 2.15. The summed E-state index contributed by atoms with van der Waals surface area (Å²) in [5, 5.41) is 14.7. The van der Waals surface area contributed by atoms with E-state index in [0.29, 0.717) is 0 Å². The number of rotatable bonds is 6. The van der Waals surface area contributed by atoms with Gasteiger partial charge in [0.05, 0.1) is 16.8 Å². The lowest BCUT2D eigenvalue weighted by atomic mass is 10.4. The largest absolute Gasteiger partial charge is 0.462 e. The lowest BCUT2D eigenvalue weighted by Gasteiger charge is -2.05. The molecule has 0 N–H and O–H groups in total. The molecular formula is C16H14N4OS3. The van der Waals surface area contributed by atoms with E-state index < -0.39 is 0 Å². The third kappa shape index (κ3) is 3.04. The van der Waals surface area contributed by atoms with Crippen LogP contribution in [-0.4, -0.2) is 19.7 Å². The van der Waals surface area contributed by atoms with E-state index in [4.69, 9.17) is 4.42 Å². The Balaban J connectivity index is 1.50. The van der Waals surface area contributed by atoms with Crippen molar-refractivity contribution in [3.05, 3.63) is 47.0 Å². The Bertz CT molecular complexity index is 909. The Morgan fingerprint density at radius 2 is 2.17 bits per heavy atom. The first kappa shape index (κ1) is 15.6. The van der Waals surface area contributed by atoms with Crippen LogP contribution in [0.25, 0.3) is 21.5 Å². The SMILES string of the molecule is CCn1c(SCc2csc(-c3ccco3)n2)nnc1-c1cccs1. The summed E-state index contributed by atoms with van der Waals surface area (Å²) < 4.78 is 7.54. The molecule has 122 valence electrons. The van der Waals surface area contributed by atoms with Crippen LogP contribution in [0.15, 0.2) is 50.9 Å². The van der Waals surface area contributed by atoms with Gasteiger partial charge in [-0.05, 0) is 30.5 Å². The fourth-order valence-electron chi connectivity index (χ4n) is 2.29. The van der Waals surface area contributed by atoms with Gasteiger partial charge in [0, 0.05) is 17.7 Å². The molecule has 0 aromatic carbocycles. The van der Waals surface area contributed by atoms with Gasteiger partial charge in [-0.1, -0.05) is 17.8 Å². The quantitative estimate of drug-likeness (QED) is 0.443. The average Bonchev–Trinajstić information content (AvgIpc) is 3.40. The summed E-state index contributed by atoms with van der Waals surface area (Å²) in [5.74, 6) is 2.51. The molecule has 24 heavy (non-hydrogen) atoms. The number of hydrogen-bond acceptors (Lipinski definition) is 7. The third-order valence-electron chi connectivity index (χ3n) is 3.41. The number of thioether (sulfide) groups is 1. The second kappa shape index (κ2) is 6.92. The summed E-state index contributed by atoms with van der Waals surface area (Å²) in [6, 6.07) is 7.91. The van der Waals surface area contributed by atoms with Crippen molar-refractivity contribution in [2.24, 2.45) is 0 Å². The van der Waals surface area contributed by atoms with Crippen molar-refractivity contribution in [3.63, 3.8) is 0 Å². The van der Waals surface area contributed by atoms with E-state index in [-0.39, 0.29) is 0 Å². The second-order valence-electron chi connectivity index (χ2n) is 4.94. The van der Waals surface area contributed by atoms with Crippen molar-refractivity contribution in [1.82, 2.24) is 19.7 Å². The van der Waals surface area contributed by atoms with Crippen molar-refractivity contribution < 1.29 is 4.42 Å². The molecule has 4 aromatic rings. The van der Waals surface area contributed by atoms with Crippen molar-refractivity contribution >= 4 is 34.4 Å². The van der Waals surface area contributed by atoms with E-state index in [0.717, 1.165) is 44.6 Å². The van der Waals surface area contributed by atoms with Gasteiger partial charge in [0.1, 0.15) is 0 Å². The van der Waals surface area contributed by atoms with Gasteiger partial charge < -0.3 is 8.98 Å². The third-order valence-corrected chi connectivity index (χ3v) is 6.18. The minimum Gasteiger partial charge on any atom is -0.462 e. The molecule has 4 rings (SSSR count). The molecule has 0 aliphatic carbocycles. The Kier molecular flexibility index (Phi) is 4.50. The molecule has 0 aliphatic heterocycles. The molecule has 0 fully saturated rings. The first-order valence-corrected chi connectivity index (χ1v) is 10.2. The zero-order chi connectivity index (χ0) is 16.4. The summed E-state index contributed by atoms with van der Waals surface area (Å²) in [4.78, 5) is 5.77. The van der Waals surface area contributed by atoms with Gasteiger partial charge in [-0.3, -0.25) is 0 Å². The number of furan rings is 1. The van der Waals surface area contributed by atoms with Crippen LogP contribution in [0.3, 0.4) is 0 Å². The molecular weight excluding hydrogens is 360 g/mol. The maximum Gasteiger partial charge on any atom is 0.191 e. The van der Waals surface area contributed by atoms with Gasteiger partial charge in [0.25, 0.3) is 0 Å². The smallest absolute Gasteiger partial charge is 0.191 e. The lowest BCUT2D eigenvalue weighted by molar-refractivity contribution is 0.581. The first-order valence-electron chi connectivity index (χ1n) is 7.43. The molecule has 0 bridgehead atoms. The molecule has 0 unspecified atom stereocenters. The second-order valence-corrected chi connectivity index (χ2v) is 7.69. The van der Waals surface area contributed by atoms with E-state index in [9.17, 15) is 0 Å². The van der Waals surface area contributed by atoms with Crippen LogP contribution in [0.2, 0.25) is 0 Å². The van der Waals surface area contributed by atoms with Crippen molar-refractivity contribution in [2.45, 2.75) is 24.4 Å². The summed E-state index contributed by atoms with van der Waals surface area (Å²) in [7, 11) is 0. The Morgan fingerprint density at radius 3 is 2.92 bits per heavy atom. The average molecular weight is 375 g/mol. The summed E-state index contributed by atoms with van der Waals surface area (Å²) >= 11 is 4.94. The zero-order valence-corrected chi connectivity index (χ0v) is 15.3. The van der Waals surface area contributed by atoms with E-state index in [2.05, 4.69) is 43.5 Å². The topological polar surface area (TPSA) is 56.7 Å². The van der Waals surface area contributed by atoms with Gasteiger partial charge in [-0.15, -0.1) is 32.9 Å². The molecule has 4 aromatic heterocycles. The molecule has 0 amide bonds. The van der Waals surface area contributed by atoms with Crippen LogP contribution in [-0.2, 0) is 12.3 Å². The van der Waals surface area contributed by atoms with E-state index >= 15 is 0 Å². The van der Waals surface area contributed by atoms with Gasteiger partial charge in [0.15, 0.2) is 21.7 Å². The number of hydrogen-bond donors (Lipinski definition) is 0. The molecule has 4 heterocycles. The Labute approximate surface area is 151 Å². The molecule has 8 heteroatoms. The monoisotopic (exact) mass is 374 g/mol. The van der Waals surface area contributed by atoms with Gasteiger partial charge in [0.2, 0.25) is 0 Å². The maximum absolute atomic E-state index is 5.39. The van der Waals surface area contributed by atoms with Crippen LogP contribution < -0.4 is 0 Å². The van der Waals surface area contributed by atoms with Gasteiger partial charge in [-0.25, -0.2) is 4.98 Å². The van der Waals surface area contributed by atoms with Crippen molar-refractivity contribution in [1.29, 1.82) is 0 Å². The predicted octanol–water partition coefficient (Wildman–Crippen LogP) is 5.04. The molecule has 0 atom stereocenters. The van der Waals surface area contributed by atoms with E-state index in [1.807, 2.05) is 18.2 Å². The minimum atomic E-state index is 0.764. The molecule has 0 saturated heterocycles. The van der Waals surface area contributed by atoms with Crippen LogP contribution in [0.5, 0.6) is 0 Å².